The van der Waals surface area contributed by atoms with Gasteiger partial charge in [0.1, 0.15) is 0 Å². The number of hydrogen-bond acceptors (Lipinski definition) is 8. The number of hydrogen-bond donors (Lipinski definition) is 4. The van der Waals surface area contributed by atoms with Gasteiger partial charge in [-0.25, -0.2) is 0 Å². The van der Waals surface area contributed by atoms with Gasteiger partial charge in [-0.15, -0.1) is 0 Å². The fourth-order valence-electron chi connectivity index (χ4n) is 3.91. The minimum atomic E-state index is -0.763. The number of phenolic OH excluding ortho intramolecular Hbond substituents is 2. The molecule has 2 aromatic rings. The van der Waals surface area contributed by atoms with Crippen LogP contribution < -0.4 is 20.1 Å². The molecule has 200 valence electrons. The second-order valence-electron chi connectivity index (χ2n) is 8.41. The fourth-order valence-corrected chi connectivity index (χ4v) is 3.91. The first-order valence-corrected chi connectivity index (χ1v) is 12.2. The quantitative estimate of drug-likeness (QED) is 0.143. The van der Waals surface area contributed by atoms with Crippen LogP contribution in [0.4, 0.5) is 0 Å². The van der Waals surface area contributed by atoms with Gasteiger partial charge in [-0.3, -0.25) is 19.2 Å². The average molecular weight is 523 g/mol. The first-order chi connectivity index (χ1) is 18.3. The van der Waals surface area contributed by atoms with Crippen LogP contribution in [0.5, 0.6) is 23.0 Å². The minimum absolute atomic E-state index is 0.0679. The zero-order valence-electron chi connectivity index (χ0n) is 20.9. The molecule has 10 heteroatoms. The van der Waals surface area contributed by atoms with E-state index in [2.05, 4.69) is 23.8 Å². The van der Waals surface area contributed by atoms with E-state index in [-0.39, 0.29) is 58.8 Å². The van der Waals surface area contributed by atoms with E-state index in [1.165, 1.54) is 18.2 Å². The van der Waals surface area contributed by atoms with Gasteiger partial charge in [0.05, 0.1) is 24.3 Å². The van der Waals surface area contributed by atoms with Crippen LogP contribution in [0.3, 0.4) is 0 Å². The number of unbranched alkanes of at least 4 members (excludes halogenated alkanes) is 2. The van der Waals surface area contributed by atoms with Crippen molar-refractivity contribution in [1.82, 2.24) is 10.6 Å². The smallest absolute Gasteiger partial charge is 0.243 e. The third-order valence-electron chi connectivity index (χ3n) is 5.83. The number of rotatable bonds is 14. The maximum absolute atomic E-state index is 13.5. The number of benzene rings is 2. The van der Waals surface area contributed by atoms with Gasteiger partial charge in [-0.2, -0.15) is 0 Å². The number of amides is 2. The third kappa shape index (κ3) is 6.20. The molecule has 10 nitrogen and oxygen atoms in total. The van der Waals surface area contributed by atoms with Crippen molar-refractivity contribution in [3.05, 3.63) is 71.8 Å². The van der Waals surface area contributed by atoms with Crippen molar-refractivity contribution >= 4 is 23.4 Å². The highest BCUT2D eigenvalue weighted by Gasteiger charge is 2.39. The number of carbonyl (C=O) groups excluding carboxylic acids is 4. The molecule has 0 spiro atoms. The topological polar surface area (TPSA) is 151 Å². The van der Waals surface area contributed by atoms with Crippen LogP contribution >= 0.6 is 0 Å². The molecule has 0 saturated heterocycles. The van der Waals surface area contributed by atoms with Crippen LogP contribution in [0.15, 0.2) is 49.6 Å². The summed E-state index contributed by atoms with van der Waals surface area (Å²) in [5.74, 6) is -3.63. The van der Waals surface area contributed by atoms with Crippen LogP contribution in [-0.4, -0.2) is 59.9 Å². The van der Waals surface area contributed by atoms with Gasteiger partial charge in [0.2, 0.25) is 23.3 Å². The molecule has 2 amide bonds. The summed E-state index contributed by atoms with van der Waals surface area (Å²) in [6.45, 7) is 7.67. The molecule has 1 aliphatic carbocycles. The third-order valence-corrected chi connectivity index (χ3v) is 5.83. The number of aromatic hydroxyl groups is 2. The summed E-state index contributed by atoms with van der Waals surface area (Å²) >= 11 is 0. The van der Waals surface area contributed by atoms with E-state index in [0.29, 0.717) is 38.8 Å². The van der Waals surface area contributed by atoms with E-state index in [9.17, 15) is 29.4 Å². The van der Waals surface area contributed by atoms with Crippen molar-refractivity contribution in [2.75, 3.05) is 26.3 Å². The van der Waals surface area contributed by atoms with Crippen molar-refractivity contribution in [3.63, 3.8) is 0 Å². The van der Waals surface area contributed by atoms with E-state index in [1.54, 1.807) is 12.1 Å². The molecule has 0 atom stereocenters. The largest absolute Gasteiger partial charge is 0.504 e. The predicted molar refractivity (Wildman–Crippen MR) is 139 cm³/mol. The Morgan fingerprint density at radius 3 is 1.71 bits per heavy atom. The van der Waals surface area contributed by atoms with E-state index < -0.39 is 23.1 Å². The molecule has 0 aromatic heterocycles. The number of ketones is 2. The molecule has 2 aromatic carbocycles. The van der Waals surface area contributed by atoms with Crippen LogP contribution in [-0.2, 0) is 9.59 Å². The maximum atomic E-state index is 13.5. The standard InChI is InChI=1S/C28H30N2O8/c1-3-19(31)29-13-7-9-15-37-27-22-21(23(33)17-11-5-6-12-18(17)24(22)34)25(35)26(36)28(27)38-16-10-8-14-30-20(32)4-2/h3-6,11-12,35-36H,1-2,7-10,13-16H2,(H,29,31)(H,30,32). The zero-order valence-corrected chi connectivity index (χ0v) is 20.9. The molecule has 0 radical (unpaired) electrons. The highest BCUT2D eigenvalue weighted by atomic mass is 16.5. The Bertz CT molecular complexity index is 1270. The predicted octanol–water partition coefficient (Wildman–Crippen LogP) is 2.80. The lowest BCUT2D eigenvalue weighted by molar-refractivity contribution is -0.117. The van der Waals surface area contributed by atoms with Crippen molar-refractivity contribution in [1.29, 1.82) is 0 Å². The molecule has 38 heavy (non-hydrogen) atoms. The highest BCUT2D eigenvalue weighted by molar-refractivity contribution is 6.30. The van der Waals surface area contributed by atoms with E-state index in [1.807, 2.05) is 0 Å². The lowest BCUT2D eigenvalue weighted by atomic mass is 9.82. The SMILES string of the molecule is C=CC(=O)NCCCCOc1c(O)c(O)c2c(c1OCCCCNC(=O)C=C)C(=O)c1ccccc1C2=O. The number of fused-ring (bicyclic) bond motifs is 2. The first-order valence-electron chi connectivity index (χ1n) is 12.2. The highest BCUT2D eigenvalue weighted by Crippen LogP contribution is 2.51. The Kier molecular flexibility index (Phi) is 9.64. The molecule has 1 aliphatic rings. The first kappa shape index (κ1) is 28.0. The van der Waals surface area contributed by atoms with Crippen molar-refractivity contribution < 1.29 is 38.9 Å². The zero-order chi connectivity index (χ0) is 27.7. The average Bonchev–Trinajstić information content (AvgIpc) is 2.93. The second-order valence-corrected chi connectivity index (χ2v) is 8.41. The molecule has 0 aliphatic heterocycles. The van der Waals surface area contributed by atoms with Crippen LogP contribution in [0.1, 0.15) is 57.5 Å². The molecule has 4 N–H and O–H groups in total. The van der Waals surface area contributed by atoms with Crippen LogP contribution in [0, 0.1) is 0 Å². The van der Waals surface area contributed by atoms with Crippen LogP contribution in [0.2, 0.25) is 0 Å². The van der Waals surface area contributed by atoms with Gasteiger partial charge in [0, 0.05) is 24.2 Å². The molecule has 0 heterocycles. The summed E-state index contributed by atoms with van der Waals surface area (Å²) < 4.78 is 11.6. The van der Waals surface area contributed by atoms with Gasteiger partial charge in [-0.1, -0.05) is 37.4 Å². The molecular formula is C28H30N2O8. The summed E-state index contributed by atoms with van der Waals surface area (Å²) in [7, 11) is 0. The van der Waals surface area contributed by atoms with Gasteiger partial charge in [0.25, 0.3) is 0 Å². The molecule has 0 fully saturated rings. The van der Waals surface area contributed by atoms with Crippen molar-refractivity contribution in [3.8, 4) is 23.0 Å². The van der Waals surface area contributed by atoms with Gasteiger partial charge in [0.15, 0.2) is 23.1 Å². The fraction of sp³-hybridized carbons (Fsp3) is 0.286. The second kappa shape index (κ2) is 13.1. The van der Waals surface area contributed by atoms with E-state index in [4.69, 9.17) is 9.47 Å². The Morgan fingerprint density at radius 1 is 0.737 bits per heavy atom. The Labute approximate surface area is 220 Å². The molecule has 3 rings (SSSR count). The molecule has 0 unspecified atom stereocenters. The molecule has 0 bridgehead atoms. The molecule has 0 saturated carbocycles. The van der Waals surface area contributed by atoms with Crippen molar-refractivity contribution in [2.24, 2.45) is 0 Å². The summed E-state index contributed by atoms with van der Waals surface area (Å²) in [5, 5.41) is 26.8. The van der Waals surface area contributed by atoms with Gasteiger partial charge < -0.3 is 30.3 Å². The normalized spacial score (nSPS) is 11.7. The lowest BCUT2D eigenvalue weighted by Gasteiger charge is -2.24. The van der Waals surface area contributed by atoms with Gasteiger partial charge >= 0.3 is 0 Å². The minimum Gasteiger partial charge on any atom is -0.504 e. The Balaban J connectivity index is 1.85. The summed E-state index contributed by atoms with van der Waals surface area (Å²) in [4.78, 5) is 49.2. The monoisotopic (exact) mass is 522 g/mol. The Hall–Kier alpha value is -4.60. The summed E-state index contributed by atoms with van der Waals surface area (Å²) in [6.07, 6.45) is 4.36. The number of phenols is 2. The number of ether oxygens (including phenoxy) is 2. The van der Waals surface area contributed by atoms with Crippen molar-refractivity contribution in [2.45, 2.75) is 25.7 Å². The van der Waals surface area contributed by atoms with Gasteiger partial charge in [-0.05, 0) is 37.8 Å². The van der Waals surface area contributed by atoms with E-state index in [0.717, 1.165) is 6.08 Å². The Morgan fingerprint density at radius 2 is 1.21 bits per heavy atom. The number of nitrogens with one attached hydrogen (secondary N) is 2. The lowest BCUT2D eigenvalue weighted by Crippen LogP contribution is -2.23. The summed E-state index contributed by atoms with van der Waals surface area (Å²) in [6, 6.07) is 6.20. The van der Waals surface area contributed by atoms with Crippen LogP contribution in [0.25, 0.3) is 0 Å². The maximum Gasteiger partial charge on any atom is 0.243 e. The molecular weight excluding hydrogens is 492 g/mol. The summed E-state index contributed by atoms with van der Waals surface area (Å²) in [5.41, 5.74) is -0.272. The van der Waals surface area contributed by atoms with E-state index >= 15 is 0 Å². The number of carbonyl (C=O) groups is 4.